The van der Waals surface area contributed by atoms with Gasteiger partial charge >= 0.3 is 0 Å². The van der Waals surface area contributed by atoms with Gasteiger partial charge in [-0.05, 0) is 47.0 Å². The first-order valence-electron chi connectivity index (χ1n) is 6.22. The Morgan fingerprint density at radius 1 is 1.47 bits per heavy atom. The average Bonchev–Trinajstić information content (AvgIpc) is 2.36. The number of ether oxygens (including phenoxy) is 1. The zero-order valence-corrected chi connectivity index (χ0v) is 11.4. The molecule has 0 aromatic rings. The zero-order valence-electron chi connectivity index (χ0n) is 11.4. The summed E-state index contributed by atoms with van der Waals surface area (Å²) in [5.41, 5.74) is -0.628. The van der Waals surface area contributed by atoms with Gasteiger partial charge in [-0.3, -0.25) is 4.79 Å². The summed E-state index contributed by atoms with van der Waals surface area (Å²) in [5.74, 6) is 0.0233. The van der Waals surface area contributed by atoms with Crippen LogP contribution in [0.4, 0.5) is 0 Å². The Morgan fingerprint density at radius 2 is 2.06 bits per heavy atom. The van der Waals surface area contributed by atoms with Crippen molar-refractivity contribution in [2.75, 3.05) is 40.8 Å². The fraction of sp³-hybridized carbons (Fsp3) is 0.917. The van der Waals surface area contributed by atoms with E-state index in [-0.39, 0.29) is 5.91 Å². The largest absolute Gasteiger partial charge is 0.368 e. The SMILES string of the molecule is COC1(C(=O)NCC(C)N(C)C)CCNCC1. The quantitative estimate of drug-likeness (QED) is 0.703. The summed E-state index contributed by atoms with van der Waals surface area (Å²) < 4.78 is 5.47. The molecule has 5 heteroatoms. The summed E-state index contributed by atoms with van der Waals surface area (Å²) >= 11 is 0. The van der Waals surface area contributed by atoms with E-state index in [0.29, 0.717) is 12.6 Å². The third kappa shape index (κ3) is 3.66. The standard InChI is InChI=1S/C12H25N3O2/c1-10(15(2)3)9-14-11(16)12(17-4)5-7-13-8-6-12/h10,13H,5-9H2,1-4H3,(H,14,16). The lowest BCUT2D eigenvalue weighted by molar-refractivity contribution is -0.146. The molecule has 0 radical (unpaired) electrons. The highest BCUT2D eigenvalue weighted by atomic mass is 16.5. The fourth-order valence-electron chi connectivity index (χ4n) is 1.94. The number of hydrogen-bond acceptors (Lipinski definition) is 4. The van der Waals surface area contributed by atoms with E-state index in [4.69, 9.17) is 4.74 Å². The molecule has 0 aromatic heterocycles. The number of nitrogens with one attached hydrogen (secondary N) is 2. The van der Waals surface area contributed by atoms with Gasteiger partial charge < -0.3 is 20.3 Å². The number of nitrogens with zero attached hydrogens (tertiary/aromatic N) is 1. The number of amides is 1. The van der Waals surface area contributed by atoms with Crippen LogP contribution < -0.4 is 10.6 Å². The van der Waals surface area contributed by atoms with Crippen molar-refractivity contribution in [2.45, 2.75) is 31.4 Å². The summed E-state index contributed by atoms with van der Waals surface area (Å²) in [4.78, 5) is 14.3. The van der Waals surface area contributed by atoms with E-state index < -0.39 is 5.60 Å². The molecular weight excluding hydrogens is 218 g/mol. The lowest BCUT2D eigenvalue weighted by atomic mass is 9.91. The van der Waals surface area contributed by atoms with Crippen molar-refractivity contribution in [3.8, 4) is 0 Å². The summed E-state index contributed by atoms with van der Waals surface area (Å²) in [6, 6.07) is 0.328. The minimum atomic E-state index is -0.628. The Labute approximate surface area is 104 Å². The van der Waals surface area contributed by atoms with Crippen LogP contribution in [-0.2, 0) is 9.53 Å². The Bertz CT molecular complexity index is 250. The molecule has 1 amide bonds. The van der Waals surface area contributed by atoms with Crippen molar-refractivity contribution < 1.29 is 9.53 Å². The smallest absolute Gasteiger partial charge is 0.252 e. The first-order chi connectivity index (χ1) is 8.02. The van der Waals surface area contributed by atoms with Crippen molar-refractivity contribution in [1.82, 2.24) is 15.5 Å². The van der Waals surface area contributed by atoms with Crippen LogP contribution in [0.3, 0.4) is 0 Å². The molecule has 1 heterocycles. The molecule has 1 aliphatic heterocycles. The van der Waals surface area contributed by atoms with Crippen molar-refractivity contribution in [3.05, 3.63) is 0 Å². The molecule has 1 fully saturated rings. The highest BCUT2D eigenvalue weighted by Gasteiger charge is 2.39. The maximum absolute atomic E-state index is 12.2. The number of piperidine rings is 1. The Hall–Kier alpha value is -0.650. The summed E-state index contributed by atoms with van der Waals surface area (Å²) in [5, 5.41) is 6.24. The molecule has 100 valence electrons. The zero-order chi connectivity index (χ0) is 12.9. The van der Waals surface area contributed by atoms with Crippen molar-refractivity contribution in [2.24, 2.45) is 0 Å². The van der Waals surface area contributed by atoms with Crippen molar-refractivity contribution in [3.63, 3.8) is 0 Å². The van der Waals surface area contributed by atoms with Crippen LogP contribution in [-0.4, -0.2) is 63.3 Å². The van der Waals surface area contributed by atoms with Gasteiger partial charge in [0.25, 0.3) is 5.91 Å². The number of likely N-dealkylation sites (N-methyl/N-ethyl adjacent to an activating group) is 1. The molecule has 0 aromatic carbocycles. The van der Waals surface area contributed by atoms with E-state index in [9.17, 15) is 4.79 Å². The highest BCUT2D eigenvalue weighted by Crippen LogP contribution is 2.22. The van der Waals surface area contributed by atoms with Gasteiger partial charge in [-0.2, -0.15) is 0 Å². The molecule has 0 aliphatic carbocycles. The summed E-state index contributed by atoms with van der Waals surface area (Å²) in [6.45, 7) is 4.42. The molecule has 1 unspecified atom stereocenters. The molecule has 1 rings (SSSR count). The maximum atomic E-state index is 12.2. The lowest BCUT2D eigenvalue weighted by Gasteiger charge is -2.35. The van der Waals surface area contributed by atoms with Gasteiger partial charge in [0.2, 0.25) is 0 Å². The predicted molar refractivity (Wildman–Crippen MR) is 68.0 cm³/mol. The van der Waals surface area contributed by atoms with Crippen LogP contribution in [0.25, 0.3) is 0 Å². The van der Waals surface area contributed by atoms with Gasteiger partial charge in [0.05, 0.1) is 0 Å². The molecule has 1 saturated heterocycles. The number of carbonyl (C=O) groups excluding carboxylic acids is 1. The second-order valence-corrected chi connectivity index (χ2v) is 4.97. The Morgan fingerprint density at radius 3 is 2.53 bits per heavy atom. The maximum Gasteiger partial charge on any atom is 0.252 e. The van der Waals surface area contributed by atoms with E-state index in [1.54, 1.807) is 7.11 Å². The topological polar surface area (TPSA) is 53.6 Å². The molecule has 0 bridgehead atoms. The normalized spacial score (nSPS) is 21.2. The third-order valence-corrected chi connectivity index (χ3v) is 3.66. The second kappa shape index (κ2) is 6.33. The number of methoxy groups -OCH3 is 1. The van der Waals surface area contributed by atoms with Gasteiger partial charge in [0.1, 0.15) is 5.60 Å². The van der Waals surface area contributed by atoms with Gasteiger partial charge in [-0.15, -0.1) is 0 Å². The molecule has 1 aliphatic rings. The van der Waals surface area contributed by atoms with Crippen LogP contribution in [0.2, 0.25) is 0 Å². The first-order valence-corrected chi connectivity index (χ1v) is 6.22. The van der Waals surface area contributed by atoms with Gasteiger partial charge in [-0.25, -0.2) is 0 Å². The van der Waals surface area contributed by atoms with E-state index >= 15 is 0 Å². The van der Waals surface area contributed by atoms with Gasteiger partial charge in [0.15, 0.2) is 0 Å². The van der Waals surface area contributed by atoms with E-state index in [1.165, 1.54) is 0 Å². The minimum absolute atomic E-state index is 0.0233. The summed E-state index contributed by atoms with van der Waals surface area (Å²) in [6.07, 6.45) is 1.48. The highest BCUT2D eigenvalue weighted by molar-refractivity contribution is 5.85. The first kappa shape index (κ1) is 14.4. The monoisotopic (exact) mass is 243 g/mol. The van der Waals surface area contributed by atoms with E-state index in [1.807, 2.05) is 14.1 Å². The van der Waals surface area contributed by atoms with Crippen LogP contribution in [0.15, 0.2) is 0 Å². The second-order valence-electron chi connectivity index (χ2n) is 4.97. The van der Waals surface area contributed by atoms with Gasteiger partial charge in [-0.1, -0.05) is 0 Å². The molecule has 1 atom stereocenters. The Kier molecular flexibility index (Phi) is 5.36. The van der Waals surface area contributed by atoms with Crippen LogP contribution in [0, 0.1) is 0 Å². The van der Waals surface area contributed by atoms with Crippen molar-refractivity contribution in [1.29, 1.82) is 0 Å². The molecule has 0 spiro atoms. The number of hydrogen-bond donors (Lipinski definition) is 2. The Balaban J connectivity index is 2.49. The predicted octanol–water partition coefficient (Wildman–Crippen LogP) is -0.179. The van der Waals surface area contributed by atoms with Crippen LogP contribution in [0.5, 0.6) is 0 Å². The molecule has 17 heavy (non-hydrogen) atoms. The van der Waals surface area contributed by atoms with Crippen LogP contribution in [0.1, 0.15) is 19.8 Å². The minimum Gasteiger partial charge on any atom is -0.368 e. The average molecular weight is 243 g/mol. The van der Waals surface area contributed by atoms with E-state index in [0.717, 1.165) is 25.9 Å². The molecule has 2 N–H and O–H groups in total. The van der Waals surface area contributed by atoms with Crippen LogP contribution >= 0.6 is 0 Å². The fourth-order valence-corrected chi connectivity index (χ4v) is 1.94. The summed E-state index contributed by atoms with van der Waals surface area (Å²) in [7, 11) is 5.64. The third-order valence-electron chi connectivity index (χ3n) is 3.66. The van der Waals surface area contributed by atoms with Crippen molar-refractivity contribution >= 4 is 5.91 Å². The molecule has 5 nitrogen and oxygen atoms in total. The lowest BCUT2D eigenvalue weighted by Crippen LogP contribution is -2.55. The number of carbonyl (C=O) groups is 1. The molecular formula is C12H25N3O2. The van der Waals surface area contributed by atoms with Gasteiger partial charge in [0, 0.05) is 19.7 Å². The van der Waals surface area contributed by atoms with E-state index in [2.05, 4.69) is 22.5 Å². The number of rotatable bonds is 5. The molecule has 0 saturated carbocycles.